The van der Waals surface area contributed by atoms with Gasteiger partial charge in [0.15, 0.2) is 0 Å². The van der Waals surface area contributed by atoms with Crippen molar-refractivity contribution in [3.05, 3.63) is 28.3 Å². The van der Waals surface area contributed by atoms with Crippen molar-refractivity contribution >= 4 is 21.4 Å². The molecule has 0 radical (unpaired) electrons. The third-order valence-corrected chi connectivity index (χ3v) is 5.32. The molecule has 0 saturated heterocycles. The highest BCUT2D eigenvalue weighted by Crippen LogP contribution is 2.30. The van der Waals surface area contributed by atoms with Crippen LogP contribution in [0.5, 0.6) is 0 Å². The van der Waals surface area contributed by atoms with Crippen LogP contribution in [0.15, 0.2) is 23.1 Å². The zero-order chi connectivity index (χ0) is 16.2. The molecule has 22 heavy (non-hydrogen) atoms. The van der Waals surface area contributed by atoms with Crippen LogP contribution in [-0.4, -0.2) is 25.9 Å². The second-order valence-electron chi connectivity index (χ2n) is 5.42. The maximum Gasteiger partial charge on any atom is 0.293 e. The van der Waals surface area contributed by atoms with Gasteiger partial charge < -0.3 is 5.32 Å². The monoisotopic (exact) mass is 327 g/mol. The molecule has 0 aromatic heterocycles. The Morgan fingerprint density at radius 3 is 2.55 bits per heavy atom. The zero-order valence-corrected chi connectivity index (χ0v) is 13.4. The third kappa shape index (κ3) is 3.95. The Bertz CT molecular complexity index is 639. The first kappa shape index (κ1) is 16.7. The predicted octanol–water partition coefficient (Wildman–Crippen LogP) is 2.64. The first-order valence-electron chi connectivity index (χ1n) is 7.48. The fourth-order valence-corrected chi connectivity index (χ4v) is 3.75. The standard InChI is InChI=1S/C14H21N3O4S/c1-2-15-22(20,21)12-8-9-13(14(10-12)17(18)19)16-11-6-4-3-5-7-11/h8-11,15-16H,2-7H2,1H3. The lowest BCUT2D eigenvalue weighted by Gasteiger charge is -2.23. The number of sulfonamides is 1. The molecule has 1 aromatic rings. The minimum Gasteiger partial charge on any atom is -0.377 e. The summed E-state index contributed by atoms with van der Waals surface area (Å²) in [6.45, 7) is 1.89. The van der Waals surface area contributed by atoms with Crippen molar-refractivity contribution < 1.29 is 13.3 Å². The molecule has 0 bridgehead atoms. The molecule has 0 aliphatic heterocycles. The molecule has 122 valence electrons. The molecule has 2 N–H and O–H groups in total. The Kier molecular flexibility index (Phi) is 5.36. The Morgan fingerprint density at radius 2 is 1.95 bits per heavy atom. The lowest BCUT2D eigenvalue weighted by atomic mass is 9.95. The molecule has 0 atom stereocenters. The highest BCUT2D eigenvalue weighted by atomic mass is 32.2. The van der Waals surface area contributed by atoms with Crippen molar-refractivity contribution in [2.24, 2.45) is 0 Å². The smallest absolute Gasteiger partial charge is 0.293 e. The van der Waals surface area contributed by atoms with Crippen LogP contribution >= 0.6 is 0 Å². The molecule has 0 heterocycles. The van der Waals surface area contributed by atoms with Crippen LogP contribution < -0.4 is 10.0 Å². The molecule has 0 amide bonds. The van der Waals surface area contributed by atoms with Gasteiger partial charge in [-0.25, -0.2) is 13.1 Å². The lowest BCUT2D eigenvalue weighted by Crippen LogP contribution is -2.24. The van der Waals surface area contributed by atoms with E-state index in [9.17, 15) is 18.5 Å². The maximum atomic E-state index is 12.0. The molecular formula is C14H21N3O4S. The molecular weight excluding hydrogens is 306 g/mol. The predicted molar refractivity (Wildman–Crippen MR) is 84.5 cm³/mol. The normalized spacial score (nSPS) is 16.4. The van der Waals surface area contributed by atoms with Crippen LogP contribution in [0.25, 0.3) is 0 Å². The molecule has 1 aliphatic carbocycles. The lowest BCUT2D eigenvalue weighted by molar-refractivity contribution is -0.384. The number of benzene rings is 1. The number of nitro benzene ring substituents is 1. The van der Waals surface area contributed by atoms with E-state index in [1.165, 1.54) is 18.6 Å². The molecule has 2 rings (SSSR count). The summed E-state index contributed by atoms with van der Waals surface area (Å²) in [5.74, 6) is 0. The molecule has 1 saturated carbocycles. The fraction of sp³-hybridized carbons (Fsp3) is 0.571. The van der Waals surface area contributed by atoms with E-state index in [-0.39, 0.29) is 23.2 Å². The topological polar surface area (TPSA) is 101 Å². The number of hydrogen-bond acceptors (Lipinski definition) is 5. The first-order valence-corrected chi connectivity index (χ1v) is 8.97. The quantitative estimate of drug-likeness (QED) is 0.618. The number of rotatable bonds is 6. The van der Waals surface area contributed by atoms with Gasteiger partial charge in [0.2, 0.25) is 10.0 Å². The highest BCUT2D eigenvalue weighted by molar-refractivity contribution is 7.89. The van der Waals surface area contributed by atoms with Crippen LogP contribution in [0.1, 0.15) is 39.0 Å². The SMILES string of the molecule is CCNS(=O)(=O)c1ccc(NC2CCCCC2)c([N+](=O)[O-])c1. The van der Waals surface area contributed by atoms with Gasteiger partial charge in [-0.15, -0.1) is 0 Å². The molecule has 1 aromatic carbocycles. The Labute approximate surface area is 130 Å². The van der Waals surface area contributed by atoms with Crippen LogP contribution in [0.3, 0.4) is 0 Å². The summed E-state index contributed by atoms with van der Waals surface area (Å²) >= 11 is 0. The van der Waals surface area contributed by atoms with E-state index in [0.29, 0.717) is 5.69 Å². The maximum absolute atomic E-state index is 12.0. The van der Waals surface area contributed by atoms with Gasteiger partial charge in [0.25, 0.3) is 5.69 Å². The van der Waals surface area contributed by atoms with Crippen molar-refractivity contribution in [2.45, 2.75) is 50.0 Å². The van der Waals surface area contributed by atoms with Gasteiger partial charge in [0.05, 0.1) is 9.82 Å². The van der Waals surface area contributed by atoms with Crippen molar-refractivity contribution in [3.8, 4) is 0 Å². The molecule has 7 nitrogen and oxygen atoms in total. The van der Waals surface area contributed by atoms with Crippen molar-refractivity contribution in [1.82, 2.24) is 4.72 Å². The van der Waals surface area contributed by atoms with Gasteiger partial charge in [-0.2, -0.15) is 0 Å². The number of nitrogens with zero attached hydrogens (tertiary/aromatic N) is 1. The summed E-state index contributed by atoms with van der Waals surface area (Å²) in [4.78, 5) is 10.6. The van der Waals surface area contributed by atoms with Crippen LogP contribution in [-0.2, 0) is 10.0 Å². The van der Waals surface area contributed by atoms with Crippen molar-refractivity contribution in [2.75, 3.05) is 11.9 Å². The Balaban J connectivity index is 2.29. The summed E-state index contributed by atoms with van der Waals surface area (Å²) in [6.07, 6.45) is 5.38. The van der Waals surface area contributed by atoms with Crippen LogP contribution in [0.4, 0.5) is 11.4 Å². The zero-order valence-electron chi connectivity index (χ0n) is 12.5. The van der Waals surface area contributed by atoms with Gasteiger partial charge in [-0.1, -0.05) is 26.2 Å². The minimum absolute atomic E-state index is 0.0877. The Hall–Kier alpha value is -1.67. The van der Waals surface area contributed by atoms with E-state index in [1.54, 1.807) is 6.92 Å². The van der Waals surface area contributed by atoms with Crippen molar-refractivity contribution in [1.29, 1.82) is 0 Å². The third-order valence-electron chi connectivity index (χ3n) is 3.78. The molecule has 1 fully saturated rings. The molecule has 1 aliphatic rings. The van der Waals surface area contributed by atoms with E-state index < -0.39 is 14.9 Å². The number of nitrogens with one attached hydrogen (secondary N) is 2. The average Bonchev–Trinajstić information content (AvgIpc) is 2.48. The highest BCUT2D eigenvalue weighted by Gasteiger charge is 2.23. The second-order valence-corrected chi connectivity index (χ2v) is 7.18. The van der Waals surface area contributed by atoms with Crippen LogP contribution in [0, 0.1) is 10.1 Å². The Morgan fingerprint density at radius 1 is 1.27 bits per heavy atom. The number of nitro groups is 1. The summed E-state index contributed by atoms with van der Waals surface area (Å²) < 4.78 is 26.2. The second kappa shape index (κ2) is 7.06. The first-order chi connectivity index (χ1) is 10.4. The number of hydrogen-bond donors (Lipinski definition) is 2. The van der Waals surface area contributed by atoms with Crippen molar-refractivity contribution in [3.63, 3.8) is 0 Å². The van der Waals surface area contributed by atoms with Gasteiger partial charge in [0, 0.05) is 18.7 Å². The average molecular weight is 327 g/mol. The summed E-state index contributed by atoms with van der Waals surface area (Å²) in [6, 6.07) is 4.21. The molecule has 0 unspecified atom stereocenters. The largest absolute Gasteiger partial charge is 0.377 e. The summed E-state index contributed by atoms with van der Waals surface area (Å²) in [7, 11) is -3.70. The fourth-order valence-electron chi connectivity index (χ4n) is 2.69. The van der Waals surface area contributed by atoms with Gasteiger partial charge >= 0.3 is 0 Å². The van der Waals surface area contributed by atoms with E-state index in [4.69, 9.17) is 0 Å². The molecule has 8 heteroatoms. The summed E-state index contributed by atoms with van der Waals surface area (Å²) in [5.41, 5.74) is 0.178. The van der Waals surface area contributed by atoms with E-state index in [1.807, 2.05) is 0 Å². The van der Waals surface area contributed by atoms with E-state index in [0.717, 1.165) is 31.7 Å². The number of anilines is 1. The minimum atomic E-state index is -3.70. The van der Waals surface area contributed by atoms with Crippen LogP contribution in [0.2, 0.25) is 0 Å². The van der Waals surface area contributed by atoms with Gasteiger partial charge in [0.1, 0.15) is 5.69 Å². The van der Waals surface area contributed by atoms with E-state index in [2.05, 4.69) is 10.0 Å². The summed E-state index contributed by atoms with van der Waals surface area (Å²) in [5, 5.41) is 14.4. The molecule has 0 spiro atoms. The van der Waals surface area contributed by atoms with E-state index >= 15 is 0 Å². The van der Waals surface area contributed by atoms with Gasteiger partial charge in [-0.3, -0.25) is 10.1 Å². The van der Waals surface area contributed by atoms with Gasteiger partial charge in [-0.05, 0) is 25.0 Å².